The van der Waals surface area contributed by atoms with Gasteiger partial charge in [-0.05, 0) is 24.3 Å². The van der Waals surface area contributed by atoms with Crippen LogP contribution >= 0.6 is 11.6 Å². The second-order valence-electron chi connectivity index (χ2n) is 4.85. The topological polar surface area (TPSA) is 58.3 Å². The van der Waals surface area contributed by atoms with E-state index in [1.165, 1.54) is 18.5 Å². The number of halogens is 2. The molecule has 2 heterocycles. The molecule has 5 nitrogen and oxygen atoms in total. The lowest BCUT2D eigenvalue weighted by Gasteiger charge is -2.37. The fourth-order valence-electron chi connectivity index (χ4n) is 2.45. The third-order valence-electron chi connectivity index (χ3n) is 3.59. The number of nitrogen functional groups attached to an aromatic ring is 1. The Hall–Kier alpha value is -2.08. The van der Waals surface area contributed by atoms with E-state index in [1.807, 2.05) is 0 Å². The second kappa shape index (κ2) is 5.73. The van der Waals surface area contributed by atoms with Crippen molar-refractivity contribution < 1.29 is 4.39 Å². The Kier molecular flexibility index (Phi) is 3.79. The fraction of sp³-hybridized carbons (Fsp3) is 0.286. The molecule has 2 aromatic rings. The summed E-state index contributed by atoms with van der Waals surface area (Å²) < 4.78 is 13.0. The van der Waals surface area contributed by atoms with Crippen molar-refractivity contribution in [1.29, 1.82) is 0 Å². The summed E-state index contributed by atoms with van der Waals surface area (Å²) in [5.74, 6) is 0.453. The number of rotatable bonds is 2. The van der Waals surface area contributed by atoms with Gasteiger partial charge >= 0.3 is 0 Å². The van der Waals surface area contributed by atoms with Gasteiger partial charge in [0.2, 0.25) is 0 Å². The third kappa shape index (κ3) is 2.85. The van der Waals surface area contributed by atoms with E-state index in [9.17, 15) is 4.39 Å². The number of benzene rings is 1. The predicted octanol–water partition coefficient (Wildman–Crippen LogP) is 2.18. The quantitative estimate of drug-likeness (QED) is 0.862. The molecule has 1 saturated heterocycles. The van der Waals surface area contributed by atoms with Crippen LogP contribution in [-0.4, -0.2) is 36.1 Å². The first-order chi connectivity index (χ1) is 10.1. The molecule has 1 aliphatic rings. The number of nitrogens with zero attached hydrogens (tertiary/aromatic N) is 4. The summed E-state index contributed by atoms with van der Waals surface area (Å²) in [5.41, 5.74) is 7.35. The van der Waals surface area contributed by atoms with Crippen molar-refractivity contribution in [1.82, 2.24) is 9.97 Å². The van der Waals surface area contributed by atoms with Gasteiger partial charge in [0.05, 0.1) is 0 Å². The standard InChI is InChI=1S/C14H15ClFN5/c15-13-12(17)14(19-9-18-13)21-7-5-20(6-8-21)11-3-1-10(16)2-4-11/h1-4,9H,5-8,17H2. The highest BCUT2D eigenvalue weighted by atomic mass is 35.5. The van der Waals surface area contributed by atoms with Gasteiger partial charge in [-0.2, -0.15) is 0 Å². The summed E-state index contributed by atoms with van der Waals surface area (Å²) in [6.45, 7) is 3.17. The van der Waals surface area contributed by atoms with Gasteiger partial charge in [0.1, 0.15) is 17.8 Å². The number of piperazine rings is 1. The zero-order chi connectivity index (χ0) is 14.8. The molecule has 0 saturated carbocycles. The molecule has 2 N–H and O–H groups in total. The van der Waals surface area contributed by atoms with Crippen molar-refractivity contribution in [2.24, 2.45) is 0 Å². The Labute approximate surface area is 127 Å². The van der Waals surface area contributed by atoms with Gasteiger partial charge in [-0.15, -0.1) is 0 Å². The number of anilines is 3. The SMILES string of the molecule is Nc1c(Cl)ncnc1N1CCN(c2ccc(F)cc2)CC1. The van der Waals surface area contributed by atoms with Crippen LogP contribution in [0.15, 0.2) is 30.6 Å². The maximum atomic E-state index is 13.0. The van der Waals surface area contributed by atoms with Crippen LogP contribution in [-0.2, 0) is 0 Å². The van der Waals surface area contributed by atoms with Crippen LogP contribution in [0.25, 0.3) is 0 Å². The van der Waals surface area contributed by atoms with Crippen molar-refractivity contribution in [3.63, 3.8) is 0 Å². The van der Waals surface area contributed by atoms with Crippen LogP contribution in [0.3, 0.4) is 0 Å². The summed E-state index contributed by atoms with van der Waals surface area (Å²) >= 11 is 5.92. The molecule has 7 heteroatoms. The van der Waals surface area contributed by atoms with Gasteiger partial charge in [-0.3, -0.25) is 0 Å². The maximum Gasteiger partial charge on any atom is 0.157 e. The summed E-state index contributed by atoms with van der Waals surface area (Å²) in [4.78, 5) is 12.4. The Morgan fingerprint density at radius 2 is 1.62 bits per heavy atom. The normalized spacial score (nSPS) is 15.3. The zero-order valence-electron chi connectivity index (χ0n) is 11.3. The first-order valence-electron chi connectivity index (χ1n) is 6.66. The fourth-order valence-corrected chi connectivity index (χ4v) is 2.57. The lowest BCUT2D eigenvalue weighted by Crippen LogP contribution is -2.47. The third-order valence-corrected chi connectivity index (χ3v) is 3.89. The van der Waals surface area contributed by atoms with E-state index in [1.54, 1.807) is 12.1 Å². The molecule has 1 aromatic carbocycles. The predicted molar refractivity (Wildman–Crippen MR) is 82.3 cm³/mol. The van der Waals surface area contributed by atoms with Crippen LogP contribution in [0.5, 0.6) is 0 Å². The Balaban J connectivity index is 1.70. The van der Waals surface area contributed by atoms with Gasteiger partial charge in [0.15, 0.2) is 11.0 Å². The Morgan fingerprint density at radius 3 is 2.29 bits per heavy atom. The van der Waals surface area contributed by atoms with Gasteiger partial charge < -0.3 is 15.5 Å². The molecule has 0 bridgehead atoms. The molecule has 21 heavy (non-hydrogen) atoms. The first-order valence-corrected chi connectivity index (χ1v) is 7.04. The van der Waals surface area contributed by atoms with Crippen molar-refractivity contribution >= 4 is 28.8 Å². The highest BCUT2D eigenvalue weighted by Crippen LogP contribution is 2.27. The molecule has 1 fully saturated rings. The summed E-state index contributed by atoms with van der Waals surface area (Å²) in [6.07, 6.45) is 1.42. The average molecular weight is 308 g/mol. The molecule has 0 radical (unpaired) electrons. The van der Waals surface area contributed by atoms with Crippen LogP contribution in [0, 0.1) is 5.82 Å². The molecule has 0 spiro atoms. The molecule has 0 amide bonds. The lowest BCUT2D eigenvalue weighted by atomic mass is 10.2. The number of hydrogen-bond donors (Lipinski definition) is 1. The Morgan fingerprint density at radius 1 is 1.00 bits per heavy atom. The van der Waals surface area contributed by atoms with Crippen LogP contribution in [0.4, 0.5) is 21.6 Å². The molecular weight excluding hydrogens is 293 g/mol. The van der Waals surface area contributed by atoms with Crippen LogP contribution < -0.4 is 15.5 Å². The van der Waals surface area contributed by atoms with Crippen molar-refractivity contribution in [3.05, 3.63) is 41.6 Å². The van der Waals surface area contributed by atoms with Gasteiger partial charge in [-0.1, -0.05) is 11.6 Å². The lowest BCUT2D eigenvalue weighted by molar-refractivity contribution is 0.624. The molecule has 0 atom stereocenters. The zero-order valence-corrected chi connectivity index (χ0v) is 12.1. The van der Waals surface area contributed by atoms with E-state index in [0.29, 0.717) is 11.5 Å². The molecule has 1 aromatic heterocycles. The Bertz CT molecular complexity index is 626. The second-order valence-corrected chi connectivity index (χ2v) is 5.21. The number of nitrogens with two attached hydrogens (primary N) is 1. The van der Waals surface area contributed by atoms with Gasteiger partial charge in [0.25, 0.3) is 0 Å². The summed E-state index contributed by atoms with van der Waals surface area (Å²) in [5, 5.41) is 0.279. The maximum absolute atomic E-state index is 13.0. The molecule has 110 valence electrons. The summed E-state index contributed by atoms with van der Waals surface area (Å²) in [7, 11) is 0. The van der Waals surface area contributed by atoms with E-state index < -0.39 is 0 Å². The number of hydrogen-bond acceptors (Lipinski definition) is 5. The van der Waals surface area contributed by atoms with Crippen molar-refractivity contribution in [3.8, 4) is 0 Å². The smallest absolute Gasteiger partial charge is 0.157 e. The van der Waals surface area contributed by atoms with Gasteiger partial charge in [0, 0.05) is 31.9 Å². The van der Waals surface area contributed by atoms with E-state index in [4.69, 9.17) is 17.3 Å². The van der Waals surface area contributed by atoms with Crippen molar-refractivity contribution in [2.75, 3.05) is 41.7 Å². The molecule has 0 unspecified atom stereocenters. The van der Waals surface area contributed by atoms with E-state index in [-0.39, 0.29) is 11.0 Å². The molecule has 1 aliphatic heterocycles. The largest absolute Gasteiger partial charge is 0.393 e. The van der Waals surface area contributed by atoms with Crippen LogP contribution in [0.1, 0.15) is 0 Å². The summed E-state index contributed by atoms with van der Waals surface area (Å²) in [6, 6.07) is 6.54. The van der Waals surface area contributed by atoms with Crippen LogP contribution in [0.2, 0.25) is 5.15 Å². The van der Waals surface area contributed by atoms with E-state index in [2.05, 4.69) is 19.8 Å². The number of aromatic nitrogens is 2. The van der Waals surface area contributed by atoms with Gasteiger partial charge in [-0.25, -0.2) is 14.4 Å². The van der Waals surface area contributed by atoms with E-state index >= 15 is 0 Å². The highest BCUT2D eigenvalue weighted by molar-refractivity contribution is 6.32. The molecular formula is C14H15ClFN5. The monoisotopic (exact) mass is 307 g/mol. The molecule has 0 aliphatic carbocycles. The van der Waals surface area contributed by atoms with Crippen molar-refractivity contribution in [2.45, 2.75) is 0 Å². The highest BCUT2D eigenvalue weighted by Gasteiger charge is 2.21. The minimum Gasteiger partial charge on any atom is -0.393 e. The average Bonchev–Trinajstić information content (AvgIpc) is 2.51. The molecule has 3 rings (SSSR count). The minimum absolute atomic E-state index is 0.221. The minimum atomic E-state index is -0.221. The van der Waals surface area contributed by atoms with E-state index in [0.717, 1.165) is 31.9 Å². The first kappa shape index (κ1) is 13.9.